The number of ether oxygens (including phenoxy) is 2. The zero-order valence-corrected chi connectivity index (χ0v) is 19.1. The molecule has 0 spiro atoms. The van der Waals surface area contributed by atoms with Gasteiger partial charge in [0.1, 0.15) is 13.5 Å². The van der Waals surface area contributed by atoms with Crippen LogP contribution < -0.4 is 0 Å². The minimum Gasteiger partial charge on any atom is -0.411 e. The fourth-order valence-electron chi connectivity index (χ4n) is 1.88. The van der Waals surface area contributed by atoms with Gasteiger partial charge in [-0.3, -0.25) is 0 Å². The Morgan fingerprint density at radius 3 is 1.24 bits per heavy atom. The molecule has 116 valence electrons. The molecule has 2 fully saturated rings. The molecule has 0 radical (unpaired) electrons. The second-order valence-corrected chi connectivity index (χ2v) is 8.03. The first-order chi connectivity index (χ1) is 9.08. The zero-order valence-electron chi connectivity index (χ0n) is 12.9. The summed E-state index contributed by atoms with van der Waals surface area (Å²) < 4.78 is 11.4. The normalized spacial score (nSPS) is 22.1. The summed E-state index contributed by atoms with van der Waals surface area (Å²) in [5.41, 5.74) is -0.00231. The number of rotatable bonds is 0. The summed E-state index contributed by atoms with van der Waals surface area (Å²) in [7, 11) is 0. The van der Waals surface area contributed by atoms with Crippen LogP contribution in [0.3, 0.4) is 0 Å². The van der Waals surface area contributed by atoms with E-state index >= 15 is 0 Å². The number of hydrogen-bond donors (Lipinski definition) is 0. The average molecular weight is 418 g/mol. The molecular formula is C12H20N2O2S4Zn. The molecule has 0 atom stereocenters. The van der Waals surface area contributed by atoms with Crippen molar-refractivity contribution in [3.63, 3.8) is 0 Å². The summed E-state index contributed by atoms with van der Waals surface area (Å²) in [6.45, 7) is 10.8. The van der Waals surface area contributed by atoms with E-state index in [9.17, 15) is 0 Å². The summed E-state index contributed by atoms with van der Waals surface area (Å²) >= 11 is 19.5. The summed E-state index contributed by atoms with van der Waals surface area (Å²) in [6, 6.07) is 0. The molecule has 21 heavy (non-hydrogen) atoms. The zero-order chi connectivity index (χ0) is 15.6. The third-order valence-corrected chi connectivity index (χ3v) is 4.14. The van der Waals surface area contributed by atoms with Crippen molar-refractivity contribution in [3.8, 4) is 0 Å². The molecule has 9 heteroatoms. The SMILES string of the molecule is CC1(C)COCN1C(=S)[S-].CC1(C)COCN1C(=S)[S-].[Zn+2]. The van der Waals surface area contributed by atoms with E-state index in [2.05, 4.69) is 27.7 Å². The van der Waals surface area contributed by atoms with E-state index in [1.807, 2.05) is 9.80 Å². The van der Waals surface area contributed by atoms with Gasteiger partial charge in [0.2, 0.25) is 0 Å². The van der Waals surface area contributed by atoms with Crippen molar-refractivity contribution in [1.82, 2.24) is 9.80 Å². The maximum atomic E-state index is 5.21. The summed E-state index contributed by atoms with van der Waals surface area (Å²) in [4.78, 5) is 3.83. The molecule has 0 unspecified atom stereocenters. The van der Waals surface area contributed by atoms with Crippen LogP contribution in [0.15, 0.2) is 0 Å². The molecule has 0 aromatic rings. The van der Waals surface area contributed by atoms with E-state index in [0.717, 1.165) is 0 Å². The standard InChI is InChI=1S/2C6H11NOS2.Zn/c2*1-6(2)3-8-4-7(6)5(9)10;/h2*3-4H2,1-2H3,(H,9,10);/q;;+2/p-2. The molecule has 2 rings (SSSR count). The van der Waals surface area contributed by atoms with Gasteiger partial charge in [0.25, 0.3) is 0 Å². The van der Waals surface area contributed by atoms with Gasteiger partial charge in [-0.25, -0.2) is 0 Å². The van der Waals surface area contributed by atoms with E-state index in [4.69, 9.17) is 59.2 Å². The van der Waals surface area contributed by atoms with E-state index < -0.39 is 0 Å². The number of thiocarbonyl (C=S) groups is 2. The van der Waals surface area contributed by atoms with Crippen molar-refractivity contribution >= 4 is 58.3 Å². The Kier molecular flexibility index (Phi) is 8.88. The quantitative estimate of drug-likeness (QED) is 0.334. The fraction of sp³-hybridized carbons (Fsp3) is 0.833. The van der Waals surface area contributed by atoms with Crippen molar-refractivity contribution < 1.29 is 29.0 Å². The van der Waals surface area contributed by atoms with Crippen molar-refractivity contribution in [1.29, 1.82) is 0 Å². The van der Waals surface area contributed by atoms with Gasteiger partial charge in [0, 0.05) is 0 Å². The Morgan fingerprint density at radius 2 is 1.14 bits per heavy atom. The molecule has 0 saturated carbocycles. The molecule has 2 heterocycles. The van der Waals surface area contributed by atoms with Crippen molar-refractivity contribution in [2.45, 2.75) is 38.8 Å². The third kappa shape index (κ3) is 6.05. The minimum absolute atomic E-state index is 0. The monoisotopic (exact) mass is 416 g/mol. The second kappa shape index (κ2) is 8.57. The van der Waals surface area contributed by atoms with E-state index in [1.165, 1.54) is 0 Å². The van der Waals surface area contributed by atoms with Crippen molar-refractivity contribution in [2.75, 3.05) is 26.7 Å². The Hall–Kier alpha value is 0.763. The van der Waals surface area contributed by atoms with Gasteiger partial charge < -0.3 is 69.0 Å². The molecule has 0 N–H and O–H groups in total. The molecule has 0 bridgehead atoms. The van der Waals surface area contributed by atoms with E-state index in [-0.39, 0.29) is 30.6 Å². The second-order valence-electron chi connectivity index (χ2n) is 5.97. The molecule has 0 aliphatic carbocycles. The Balaban J connectivity index is 0.000000364. The molecular weight excluding hydrogens is 398 g/mol. The van der Waals surface area contributed by atoms with Crippen LogP contribution in [0.1, 0.15) is 27.7 Å². The van der Waals surface area contributed by atoms with Crippen LogP contribution in [0.2, 0.25) is 0 Å². The fourth-order valence-corrected chi connectivity index (χ4v) is 3.08. The molecule has 2 aliphatic rings. The van der Waals surface area contributed by atoms with Crippen LogP contribution >= 0.6 is 24.4 Å². The first-order valence-corrected chi connectivity index (χ1v) is 7.84. The average Bonchev–Trinajstić information content (AvgIpc) is 2.80. The Labute approximate surface area is 161 Å². The van der Waals surface area contributed by atoms with Gasteiger partial charge in [-0.15, -0.1) is 0 Å². The third-order valence-electron chi connectivity index (χ3n) is 3.25. The topological polar surface area (TPSA) is 24.9 Å². The predicted molar refractivity (Wildman–Crippen MR) is 93.4 cm³/mol. The van der Waals surface area contributed by atoms with Crippen LogP contribution in [0.25, 0.3) is 0 Å². The number of nitrogens with zero attached hydrogens (tertiary/aromatic N) is 2. The van der Waals surface area contributed by atoms with Crippen LogP contribution in [-0.4, -0.2) is 56.2 Å². The minimum atomic E-state index is -0.00116. The summed E-state index contributed by atoms with van der Waals surface area (Å²) in [5.74, 6) is 0. The van der Waals surface area contributed by atoms with E-state index in [1.54, 1.807) is 0 Å². The van der Waals surface area contributed by atoms with Crippen LogP contribution in [0.5, 0.6) is 0 Å². The molecule has 4 nitrogen and oxygen atoms in total. The van der Waals surface area contributed by atoms with Gasteiger partial charge >= 0.3 is 19.5 Å². The molecule has 0 amide bonds. The van der Waals surface area contributed by atoms with Crippen LogP contribution in [0.4, 0.5) is 0 Å². The van der Waals surface area contributed by atoms with Gasteiger partial charge in [0.05, 0.1) is 24.3 Å². The largest absolute Gasteiger partial charge is 2.00 e. The van der Waals surface area contributed by atoms with Crippen LogP contribution in [-0.2, 0) is 54.2 Å². The Morgan fingerprint density at radius 1 is 0.857 bits per heavy atom. The van der Waals surface area contributed by atoms with Gasteiger partial charge in [-0.2, -0.15) is 0 Å². The molecule has 2 saturated heterocycles. The van der Waals surface area contributed by atoms with Crippen molar-refractivity contribution in [2.24, 2.45) is 0 Å². The molecule has 0 aromatic heterocycles. The maximum Gasteiger partial charge on any atom is 2.00 e. The maximum absolute atomic E-state index is 5.21. The van der Waals surface area contributed by atoms with Gasteiger partial charge in [-0.05, 0) is 27.7 Å². The van der Waals surface area contributed by atoms with Gasteiger partial charge in [0.15, 0.2) is 0 Å². The summed E-state index contributed by atoms with van der Waals surface area (Å²) in [5, 5.41) is 0. The molecule has 0 aromatic carbocycles. The first kappa shape index (κ1) is 21.8. The summed E-state index contributed by atoms with van der Waals surface area (Å²) in [6.07, 6.45) is 0. The molecule has 2 aliphatic heterocycles. The van der Waals surface area contributed by atoms with Crippen molar-refractivity contribution in [3.05, 3.63) is 0 Å². The van der Waals surface area contributed by atoms with Crippen LogP contribution in [0, 0.1) is 0 Å². The first-order valence-electron chi connectivity index (χ1n) is 6.21. The van der Waals surface area contributed by atoms with Gasteiger partial charge in [-0.1, -0.05) is 8.64 Å². The predicted octanol–water partition coefficient (Wildman–Crippen LogP) is 1.77. The Bertz CT molecular complexity index is 357. The number of hydrogen-bond acceptors (Lipinski definition) is 6. The van der Waals surface area contributed by atoms with E-state index in [0.29, 0.717) is 35.3 Å². The smallest absolute Gasteiger partial charge is 0.411 e.